The Hall–Kier alpha value is -0.290. The van der Waals surface area contributed by atoms with E-state index in [0.717, 1.165) is 12.8 Å². The monoisotopic (exact) mass is 185 g/mol. The van der Waals surface area contributed by atoms with E-state index in [-0.39, 0.29) is 6.61 Å². The van der Waals surface area contributed by atoms with Crippen LogP contribution < -0.4 is 5.73 Å². The van der Waals surface area contributed by atoms with E-state index in [2.05, 4.69) is 4.74 Å². The lowest BCUT2D eigenvalue weighted by Crippen LogP contribution is -2.17. The maximum atomic E-state index is 11.5. The highest BCUT2D eigenvalue weighted by Gasteiger charge is 2.26. The molecule has 0 aliphatic carbocycles. The predicted octanol–water partition coefficient (Wildman–Crippen LogP) is 1.69. The molecule has 2 nitrogen and oxygen atoms in total. The minimum absolute atomic E-state index is 0.166. The van der Waals surface area contributed by atoms with Crippen molar-refractivity contribution < 1.29 is 17.9 Å². The van der Waals surface area contributed by atoms with Gasteiger partial charge < -0.3 is 10.5 Å². The van der Waals surface area contributed by atoms with Crippen molar-refractivity contribution in [3.05, 3.63) is 0 Å². The van der Waals surface area contributed by atoms with Gasteiger partial charge in [0.05, 0.1) is 0 Å². The minimum Gasteiger partial charge on any atom is -0.372 e. The molecule has 74 valence electrons. The third-order valence-corrected chi connectivity index (χ3v) is 1.26. The number of rotatable bonds is 6. The Balaban J connectivity index is 3.01. The van der Waals surface area contributed by atoms with Crippen LogP contribution >= 0.6 is 0 Å². The van der Waals surface area contributed by atoms with Crippen molar-refractivity contribution in [1.82, 2.24) is 0 Å². The first kappa shape index (κ1) is 11.7. The van der Waals surface area contributed by atoms with Crippen LogP contribution in [0.3, 0.4) is 0 Å². The summed E-state index contributed by atoms with van der Waals surface area (Å²) in [6.45, 7) is -0.394. The van der Waals surface area contributed by atoms with E-state index in [4.69, 9.17) is 5.73 Å². The summed E-state index contributed by atoms with van der Waals surface area (Å²) in [4.78, 5) is 0. The first-order valence-corrected chi connectivity index (χ1v) is 3.91. The standard InChI is InChI=1S/C7H14F3NO/c8-7(9,10)6-12-5-3-1-2-4-11/h1-6,11H2. The number of nitrogens with two attached hydrogens (primary N) is 1. The lowest BCUT2D eigenvalue weighted by Gasteiger charge is -2.06. The third kappa shape index (κ3) is 9.71. The van der Waals surface area contributed by atoms with Crippen molar-refractivity contribution >= 4 is 0 Å². The predicted molar refractivity (Wildman–Crippen MR) is 39.8 cm³/mol. The van der Waals surface area contributed by atoms with Crippen LogP contribution in [0.5, 0.6) is 0 Å². The fraction of sp³-hybridized carbons (Fsp3) is 1.00. The van der Waals surface area contributed by atoms with Gasteiger partial charge in [-0.3, -0.25) is 0 Å². The Morgan fingerprint density at radius 2 is 1.75 bits per heavy atom. The van der Waals surface area contributed by atoms with Crippen LogP contribution in [0.4, 0.5) is 13.2 Å². The van der Waals surface area contributed by atoms with Crippen molar-refractivity contribution in [1.29, 1.82) is 0 Å². The smallest absolute Gasteiger partial charge is 0.372 e. The number of ether oxygens (including phenoxy) is 1. The van der Waals surface area contributed by atoms with Crippen molar-refractivity contribution in [2.24, 2.45) is 5.73 Å². The molecule has 0 aromatic rings. The van der Waals surface area contributed by atoms with Crippen molar-refractivity contribution in [2.45, 2.75) is 25.4 Å². The zero-order chi connectivity index (χ0) is 9.45. The fourth-order valence-electron chi connectivity index (χ4n) is 0.713. The molecule has 0 fully saturated rings. The molecule has 0 radical (unpaired) electrons. The van der Waals surface area contributed by atoms with E-state index >= 15 is 0 Å². The summed E-state index contributed by atoms with van der Waals surface area (Å²) >= 11 is 0. The summed E-state index contributed by atoms with van der Waals surface area (Å²) in [5.41, 5.74) is 5.19. The lowest BCUT2D eigenvalue weighted by molar-refractivity contribution is -0.174. The van der Waals surface area contributed by atoms with Gasteiger partial charge in [0.15, 0.2) is 0 Å². The molecular formula is C7H14F3NO. The summed E-state index contributed by atoms with van der Waals surface area (Å²) in [5, 5.41) is 0. The largest absolute Gasteiger partial charge is 0.411 e. The number of hydrogen-bond acceptors (Lipinski definition) is 2. The molecule has 0 heterocycles. The average Bonchev–Trinajstić information content (AvgIpc) is 1.94. The summed E-state index contributed by atoms with van der Waals surface area (Å²) in [7, 11) is 0. The van der Waals surface area contributed by atoms with Crippen LogP contribution in [0.15, 0.2) is 0 Å². The molecule has 0 unspecified atom stereocenters. The summed E-state index contributed by atoms with van der Waals surface area (Å²) in [6, 6.07) is 0. The van der Waals surface area contributed by atoms with Crippen molar-refractivity contribution in [2.75, 3.05) is 19.8 Å². The highest BCUT2D eigenvalue weighted by Crippen LogP contribution is 2.14. The van der Waals surface area contributed by atoms with Crippen LogP contribution in [-0.2, 0) is 4.74 Å². The van der Waals surface area contributed by atoms with Gasteiger partial charge in [-0.15, -0.1) is 0 Å². The molecule has 0 spiro atoms. The molecule has 0 aromatic carbocycles. The van der Waals surface area contributed by atoms with Crippen LogP contribution in [0.2, 0.25) is 0 Å². The molecule has 0 aliphatic heterocycles. The Kier molecular flexibility index (Phi) is 6.10. The first-order valence-electron chi connectivity index (χ1n) is 3.91. The Labute approximate surface area is 69.9 Å². The zero-order valence-electron chi connectivity index (χ0n) is 6.86. The average molecular weight is 185 g/mol. The quantitative estimate of drug-likeness (QED) is 0.639. The molecule has 0 aliphatic rings. The van der Waals surface area contributed by atoms with Gasteiger partial charge in [-0.25, -0.2) is 0 Å². The second-order valence-electron chi connectivity index (χ2n) is 2.52. The maximum Gasteiger partial charge on any atom is 0.411 e. The number of unbranched alkanes of at least 4 members (excludes halogenated alkanes) is 2. The molecule has 5 heteroatoms. The fourth-order valence-corrected chi connectivity index (χ4v) is 0.713. The lowest BCUT2D eigenvalue weighted by atomic mass is 10.2. The van der Waals surface area contributed by atoms with Gasteiger partial charge in [0.1, 0.15) is 6.61 Å². The van der Waals surface area contributed by atoms with Gasteiger partial charge in [-0.05, 0) is 25.8 Å². The maximum absolute atomic E-state index is 11.5. The third-order valence-electron chi connectivity index (χ3n) is 1.26. The van der Waals surface area contributed by atoms with Crippen LogP contribution in [-0.4, -0.2) is 25.9 Å². The van der Waals surface area contributed by atoms with Gasteiger partial charge in [0, 0.05) is 6.61 Å². The van der Waals surface area contributed by atoms with Crippen LogP contribution in [0, 0.1) is 0 Å². The van der Waals surface area contributed by atoms with Gasteiger partial charge in [0.2, 0.25) is 0 Å². The summed E-state index contributed by atoms with van der Waals surface area (Å²) in [6.07, 6.45) is -1.88. The Morgan fingerprint density at radius 1 is 1.08 bits per heavy atom. The SMILES string of the molecule is NCCCCCOCC(F)(F)F. The summed E-state index contributed by atoms with van der Waals surface area (Å²) < 4.78 is 38.8. The van der Waals surface area contributed by atoms with Crippen molar-refractivity contribution in [3.63, 3.8) is 0 Å². The molecule has 12 heavy (non-hydrogen) atoms. The van der Waals surface area contributed by atoms with Gasteiger partial charge in [-0.2, -0.15) is 13.2 Å². The molecule has 0 saturated heterocycles. The number of halogens is 3. The molecule has 0 saturated carbocycles. The Morgan fingerprint density at radius 3 is 2.25 bits per heavy atom. The number of hydrogen-bond donors (Lipinski definition) is 1. The van der Waals surface area contributed by atoms with Crippen LogP contribution in [0.1, 0.15) is 19.3 Å². The molecule has 2 N–H and O–H groups in total. The van der Waals surface area contributed by atoms with Gasteiger partial charge in [0.25, 0.3) is 0 Å². The van der Waals surface area contributed by atoms with E-state index in [9.17, 15) is 13.2 Å². The highest BCUT2D eigenvalue weighted by atomic mass is 19.4. The molecule has 0 bridgehead atoms. The Bertz CT molecular complexity index is 105. The van der Waals surface area contributed by atoms with Gasteiger partial charge in [-0.1, -0.05) is 0 Å². The van der Waals surface area contributed by atoms with E-state index in [1.54, 1.807) is 0 Å². The molecular weight excluding hydrogens is 171 g/mol. The molecule has 0 atom stereocenters. The zero-order valence-corrected chi connectivity index (χ0v) is 6.86. The van der Waals surface area contributed by atoms with E-state index < -0.39 is 12.8 Å². The van der Waals surface area contributed by atoms with Gasteiger partial charge >= 0.3 is 6.18 Å². The molecule has 0 aromatic heterocycles. The second kappa shape index (κ2) is 6.25. The van der Waals surface area contributed by atoms with E-state index in [0.29, 0.717) is 13.0 Å². The second-order valence-corrected chi connectivity index (χ2v) is 2.52. The van der Waals surface area contributed by atoms with E-state index in [1.165, 1.54) is 0 Å². The molecule has 0 amide bonds. The highest BCUT2D eigenvalue weighted by molar-refractivity contribution is 4.46. The summed E-state index contributed by atoms with van der Waals surface area (Å²) in [5.74, 6) is 0. The topological polar surface area (TPSA) is 35.2 Å². The van der Waals surface area contributed by atoms with Crippen molar-refractivity contribution in [3.8, 4) is 0 Å². The minimum atomic E-state index is -4.20. The normalized spacial score (nSPS) is 12.0. The number of alkyl halides is 3. The first-order chi connectivity index (χ1) is 5.56. The van der Waals surface area contributed by atoms with Crippen LogP contribution in [0.25, 0.3) is 0 Å². The molecule has 0 rings (SSSR count). The van der Waals surface area contributed by atoms with E-state index in [1.807, 2.05) is 0 Å².